The van der Waals surface area contributed by atoms with Gasteiger partial charge in [-0.3, -0.25) is 19.9 Å². The molecule has 2 heterocycles. The Kier molecular flexibility index (Phi) is 5.40. The summed E-state index contributed by atoms with van der Waals surface area (Å²) >= 11 is 0. The van der Waals surface area contributed by atoms with E-state index < -0.39 is 11.1 Å². The van der Waals surface area contributed by atoms with Gasteiger partial charge in [0.25, 0.3) is 11.6 Å². The van der Waals surface area contributed by atoms with Gasteiger partial charge in [-0.25, -0.2) is 0 Å². The number of benzene rings is 2. The van der Waals surface area contributed by atoms with Gasteiger partial charge >= 0.3 is 0 Å². The molecule has 158 valence electrons. The van der Waals surface area contributed by atoms with Crippen LogP contribution in [0, 0.1) is 10.1 Å². The lowest BCUT2D eigenvalue weighted by molar-refractivity contribution is -0.384. The second-order valence-electron chi connectivity index (χ2n) is 6.91. The molecule has 9 nitrogen and oxygen atoms in total. The van der Waals surface area contributed by atoms with Crippen molar-refractivity contribution in [2.75, 3.05) is 19.5 Å². The van der Waals surface area contributed by atoms with E-state index in [9.17, 15) is 14.9 Å². The molecule has 31 heavy (non-hydrogen) atoms. The van der Waals surface area contributed by atoms with Crippen molar-refractivity contribution in [2.24, 2.45) is 0 Å². The molecule has 4 rings (SSSR count). The molecule has 3 aromatic rings. The second kappa shape index (κ2) is 8.31. The first-order valence-corrected chi connectivity index (χ1v) is 9.49. The summed E-state index contributed by atoms with van der Waals surface area (Å²) in [5.41, 5.74) is 2.45. The number of aromatic nitrogens is 1. The Balaban J connectivity index is 1.68. The normalized spacial score (nSPS) is 14.8. The maximum Gasteiger partial charge on any atom is 0.273 e. The molecule has 0 aliphatic carbocycles. The first kappa shape index (κ1) is 20.1. The average molecular weight is 420 g/mol. The van der Waals surface area contributed by atoms with Crippen molar-refractivity contribution in [3.05, 3.63) is 87.7 Å². The first-order chi connectivity index (χ1) is 15.0. The van der Waals surface area contributed by atoms with E-state index in [0.717, 1.165) is 11.3 Å². The maximum atomic E-state index is 13.1. The van der Waals surface area contributed by atoms with Crippen LogP contribution in [0.15, 0.2) is 60.8 Å². The van der Waals surface area contributed by atoms with Crippen LogP contribution < -0.4 is 14.8 Å². The number of rotatable bonds is 7. The van der Waals surface area contributed by atoms with Crippen molar-refractivity contribution >= 4 is 17.3 Å². The predicted octanol–water partition coefficient (Wildman–Crippen LogP) is 3.77. The summed E-state index contributed by atoms with van der Waals surface area (Å²) in [5, 5.41) is 14.4. The molecule has 9 heteroatoms. The highest BCUT2D eigenvalue weighted by molar-refractivity contribution is 5.99. The van der Waals surface area contributed by atoms with E-state index in [-0.39, 0.29) is 11.6 Å². The number of hydrogen-bond acceptors (Lipinski definition) is 7. The van der Waals surface area contributed by atoms with Crippen molar-refractivity contribution in [3.8, 4) is 11.5 Å². The van der Waals surface area contributed by atoms with E-state index in [1.165, 1.54) is 19.2 Å². The minimum absolute atomic E-state index is 0.0847. The Morgan fingerprint density at radius 2 is 1.90 bits per heavy atom. The Morgan fingerprint density at radius 1 is 1.13 bits per heavy atom. The molecule has 1 aliphatic heterocycles. The molecular formula is C22H20N4O5. The third-order valence-corrected chi connectivity index (χ3v) is 5.10. The summed E-state index contributed by atoms with van der Waals surface area (Å²) in [6.45, 7) is 0.339. The maximum absolute atomic E-state index is 13.1. The van der Waals surface area contributed by atoms with Crippen LogP contribution in [0.2, 0.25) is 0 Å². The summed E-state index contributed by atoms with van der Waals surface area (Å²) in [6.07, 6.45) is 1.06. The quantitative estimate of drug-likeness (QED) is 0.458. The minimum atomic E-state index is -0.568. The number of anilines is 1. The lowest BCUT2D eigenvalue weighted by atomic mass is 10.2. The number of ether oxygens (including phenoxy) is 2. The van der Waals surface area contributed by atoms with Crippen molar-refractivity contribution in [3.63, 3.8) is 0 Å². The number of nitro benzene ring substituents is 1. The van der Waals surface area contributed by atoms with Gasteiger partial charge in [0, 0.05) is 18.8 Å². The monoisotopic (exact) mass is 420 g/mol. The molecule has 0 radical (unpaired) electrons. The van der Waals surface area contributed by atoms with Crippen LogP contribution in [0.25, 0.3) is 0 Å². The number of hydrogen-bond donors (Lipinski definition) is 1. The van der Waals surface area contributed by atoms with E-state index in [1.54, 1.807) is 36.4 Å². The molecule has 0 unspecified atom stereocenters. The van der Waals surface area contributed by atoms with Crippen LogP contribution in [0.1, 0.15) is 27.8 Å². The zero-order valence-corrected chi connectivity index (χ0v) is 16.9. The van der Waals surface area contributed by atoms with Crippen LogP contribution in [-0.2, 0) is 6.54 Å². The number of nitrogens with one attached hydrogen (secondary N) is 1. The summed E-state index contributed by atoms with van der Waals surface area (Å²) in [4.78, 5) is 29.8. The van der Waals surface area contributed by atoms with Gasteiger partial charge in [-0.15, -0.1) is 0 Å². The molecule has 2 aromatic carbocycles. The fourth-order valence-electron chi connectivity index (χ4n) is 3.53. The number of fused-ring (bicyclic) bond motifs is 1. The van der Waals surface area contributed by atoms with E-state index in [1.807, 2.05) is 24.3 Å². The smallest absolute Gasteiger partial charge is 0.273 e. The van der Waals surface area contributed by atoms with Crippen LogP contribution >= 0.6 is 0 Å². The van der Waals surface area contributed by atoms with Gasteiger partial charge in [-0.1, -0.05) is 12.1 Å². The predicted molar refractivity (Wildman–Crippen MR) is 113 cm³/mol. The third-order valence-electron chi connectivity index (χ3n) is 5.10. The van der Waals surface area contributed by atoms with E-state index >= 15 is 0 Å². The Hall–Kier alpha value is -4.14. The van der Waals surface area contributed by atoms with Crippen LogP contribution in [0.4, 0.5) is 11.4 Å². The van der Waals surface area contributed by atoms with Crippen molar-refractivity contribution in [1.82, 2.24) is 9.88 Å². The number of amides is 1. The van der Waals surface area contributed by atoms with Gasteiger partial charge < -0.3 is 19.7 Å². The number of carbonyl (C=O) groups is 1. The van der Waals surface area contributed by atoms with Gasteiger partial charge in [0.05, 0.1) is 42.2 Å². The number of methoxy groups -OCH3 is 2. The summed E-state index contributed by atoms with van der Waals surface area (Å²) in [5.74, 6) is 0.875. The molecule has 1 atom stereocenters. The summed E-state index contributed by atoms with van der Waals surface area (Å²) in [7, 11) is 3.03. The average Bonchev–Trinajstić information content (AvgIpc) is 3.05. The number of nitrogens with zero attached hydrogens (tertiary/aromatic N) is 3. The van der Waals surface area contributed by atoms with Gasteiger partial charge in [-0.05, 0) is 35.9 Å². The zero-order chi connectivity index (χ0) is 22.0. The minimum Gasteiger partial charge on any atom is -0.497 e. The van der Waals surface area contributed by atoms with Gasteiger partial charge in [-0.2, -0.15) is 0 Å². The lowest BCUT2D eigenvalue weighted by Gasteiger charge is -2.27. The number of pyridine rings is 1. The molecule has 0 saturated carbocycles. The highest BCUT2D eigenvalue weighted by atomic mass is 16.6. The molecule has 1 aliphatic rings. The molecule has 0 saturated heterocycles. The first-order valence-electron chi connectivity index (χ1n) is 9.49. The molecular weight excluding hydrogens is 400 g/mol. The van der Waals surface area contributed by atoms with Gasteiger partial charge in [0.15, 0.2) is 0 Å². The second-order valence-corrected chi connectivity index (χ2v) is 6.91. The molecule has 1 aromatic heterocycles. The topological polar surface area (TPSA) is 107 Å². The van der Waals surface area contributed by atoms with E-state index in [4.69, 9.17) is 9.47 Å². The largest absolute Gasteiger partial charge is 0.497 e. The standard InChI is InChI=1S/C22H20N4O5/c1-30-16-8-5-14(6-9-16)13-25-21(20-17(22(25)27)4-3-11-23-20)24-18-10-7-15(26(28)29)12-19(18)31-2/h3-12,21,24H,13H2,1-2H3/t21-/m1/s1. The van der Waals surface area contributed by atoms with E-state index in [2.05, 4.69) is 10.3 Å². The fraction of sp³-hybridized carbons (Fsp3) is 0.182. The lowest BCUT2D eigenvalue weighted by Crippen LogP contribution is -2.32. The molecule has 0 fully saturated rings. The van der Waals surface area contributed by atoms with Crippen LogP contribution in [0.5, 0.6) is 11.5 Å². The van der Waals surface area contributed by atoms with Crippen molar-refractivity contribution < 1.29 is 19.2 Å². The molecule has 1 amide bonds. The van der Waals surface area contributed by atoms with Crippen molar-refractivity contribution in [1.29, 1.82) is 0 Å². The summed E-state index contributed by atoms with van der Waals surface area (Å²) < 4.78 is 10.5. The third kappa shape index (κ3) is 3.85. The van der Waals surface area contributed by atoms with Crippen molar-refractivity contribution in [2.45, 2.75) is 12.7 Å². The SMILES string of the molecule is COc1ccc(CN2C(=O)c3cccnc3[C@@H]2Nc2ccc([N+](=O)[O-])cc2OC)cc1. The number of non-ortho nitro benzene ring substituents is 1. The van der Waals surface area contributed by atoms with Crippen LogP contribution in [-0.4, -0.2) is 34.9 Å². The highest BCUT2D eigenvalue weighted by Gasteiger charge is 2.38. The van der Waals surface area contributed by atoms with Gasteiger partial charge in [0.1, 0.15) is 17.7 Å². The Morgan fingerprint density at radius 3 is 2.58 bits per heavy atom. The highest BCUT2D eigenvalue weighted by Crippen LogP contribution is 2.37. The van der Waals surface area contributed by atoms with Crippen LogP contribution in [0.3, 0.4) is 0 Å². The molecule has 0 bridgehead atoms. The Labute approximate surface area is 178 Å². The van der Waals surface area contributed by atoms with E-state index in [0.29, 0.717) is 29.2 Å². The summed E-state index contributed by atoms with van der Waals surface area (Å²) in [6, 6.07) is 15.2. The number of nitro groups is 1. The fourth-order valence-corrected chi connectivity index (χ4v) is 3.53. The molecule has 1 N–H and O–H groups in total. The molecule has 0 spiro atoms. The zero-order valence-electron chi connectivity index (χ0n) is 16.9. The number of carbonyl (C=O) groups excluding carboxylic acids is 1. The Bertz CT molecular complexity index is 1130. The van der Waals surface area contributed by atoms with Gasteiger partial charge in [0.2, 0.25) is 0 Å².